The molecule has 0 bridgehead atoms. The Kier molecular flexibility index (Phi) is 6.91. The maximum atomic E-state index is 12.5. The molecule has 2 rings (SSSR count). The van der Waals surface area contributed by atoms with Crippen molar-refractivity contribution in [3.05, 3.63) is 51.5 Å². The predicted molar refractivity (Wildman–Crippen MR) is 110 cm³/mol. The van der Waals surface area contributed by atoms with Crippen LogP contribution in [0.1, 0.15) is 12.5 Å². The third-order valence-corrected chi connectivity index (χ3v) is 6.41. The van der Waals surface area contributed by atoms with Gasteiger partial charge in [0.25, 0.3) is 5.91 Å². The Labute approximate surface area is 172 Å². The average Bonchev–Trinajstić information content (AvgIpc) is 2.58. The number of nitrogens with zero attached hydrogens (tertiary/aromatic N) is 1. The molecule has 1 amide bonds. The lowest BCUT2D eigenvalue weighted by Crippen LogP contribution is -2.30. The molecule has 0 fully saturated rings. The number of rotatable bonds is 6. The summed E-state index contributed by atoms with van der Waals surface area (Å²) >= 11 is 9.41. The largest absolute Gasteiger partial charge is 0.479 e. The zero-order valence-electron chi connectivity index (χ0n) is 15.3. The Morgan fingerprint density at radius 2 is 1.89 bits per heavy atom. The second-order valence-electron chi connectivity index (χ2n) is 6.09. The van der Waals surface area contributed by atoms with Crippen LogP contribution in [0.2, 0.25) is 5.02 Å². The average molecular weight is 476 g/mol. The maximum absolute atomic E-state index is 12.5. The van der Waals surface area contributed by atoms with Gasteiger partial charge in [0.15, 0.2) is 6.10 Å². The van der Waals surface area contributed by atoms with Gasteiger partial charge in [0.05, 0.1) is 9.92 Å². The molecule has 0 aliphatic heterocycles. The number of aryl methyl sites for hydroxylation is 1. The Bertz CT molecular complexity index is 964. The van der Waals surface area contributed by atoms with Crippen LogP contribution in [0, 0.1) is 6.92 Å². The number of ether oxygens (including phenoxy) is 1. The summed E-state index contributed by atoms with van der Waals surface area (Å²) in [5.74, 6) is -0.0420. The van der Waals surface area contributed by atoms with Crippen molar-refractivity contribution in [3.63, 3.8) is 0 Å². The molecule has 1 N–H and O–H groups in total. The van der Waals surface area contributed by atoms with E-state index in [4.69, 9.17) is 16.3 Å². The molecular formula is C18H20BrClN2O4S. The van der Waals surface area contributed by atoms with E-state index in [-0.39, 0.29) is 4.90 Å². The third-order valence-electron chi connectivity index (χ3n) is 3.81. The minimum absolute atomic E-state index is 0.0953. The van der Waals surface area contributed by atoms with E-state index in [1.807, 2.05) is 0 Å². The van der Waals surface area contributed by atoms with Crippen molar-refractivity contribution in [2.24, 2.45) is 0 Å². The minimum Gasteiger partial charge on any atom is -0.479 e. The zero-order valence-corrected chi connectivity index (χ0v) is 18.4. The lowest BCUT2D eigenvalue weighted by atomic mass is 10.2. The van der Waals surface area contributed by atoms with E-state index < -0.39 is 22.0 Å². The Morgan fingerprint density at radius 1 is 1.22 bits per heavy atom. The van der Waals surface area contributed by atoms with Gasteiger partial charge in [0.1, 0.15) is 5.75 Å². The number of sulfonamides is 1. The topological polar surface area (TPSA) is 75.7 Å². The SMILES string of the molecule is Cc1ccc(S(=O)(=O)N(C)C)cc1NC(=O)[C@H](C)Oc1ccc(Br)cc1Cl. The summed E-state index contributed by atoms with van der Waals surface area (Å²) in [5, 5.41) is 3.09. The quantitative estimate of drug-likeness (QED) is 0.683. The number of hydrogen-bond acceptors (Lipinski definition) is 4. The van der Waals surface area contributed by atoms with Crippen LogP contribution in [0.25, 0.3) is 0 Å². The van der Waals surface area contributed by atoms with Crippen molar-refractivity contribution in [1.29, 1.82) is 0 Å². The number of anilines is 1. The second-order valence-corrected chi connectivity index (χ2v) is 9.56. The van der Waals surface area contributed by atoms with E-state index in [0.29, 0.717) is 16.5 Å². The van der Waals surface area contributed by atoms with Gasteiger partial charge in [-0.2, -0.15) is 0 Å². The normalized spacial score (nSPS) is 12.7. The molecule has 1 atom stereocenters. The molecular weight excluding hydrogens is 456 g/mol. The van der Waals surface area contributed by atoms with Gasteiger partial charge < -0.3 is 10.1 Å². The van der Waals surface area contributed by atoms with Crippen LogP contribution in [0.15, 0.2) is 45.8 Å². The molecule has 0 aliphatic rings. The lowest BCUT2D eigenvalue weighted by molar-refractivity contribution is -0.122. The van der Waals surface area contributed by atoms with Crippen molar-refractivity contribution in [2.75, 3.05) is 19.4 Å². The van der Waals surface area contributed by atoms with Crippen LogP contribution in [-0.2, 0) is 14.8 Å². The highest BCUT2D eigenvalue weighted by Crippen LogP contribution is 2.29. The summed E-state index contributed by atoms with van der Waals surface area (Å²) in [6, 6.07) is 9.66. The summed E-state index contributed by atoms with van der Waals surface area (Å²) in [6.45, 7) is 3.36. The van der Waals surface area contributed by atoms with E-state index in [2.05, 4.69) is 21.2 Å². The van der Waals surface area contributed by atoms with E-state index in [1.54, 1.807) is 38.1 Å². The molecule has 0 heterocycles. The molecule has 6 nitrogen and oxygen atoms in total. The fourth-order valence-corrected chi connectivity index (χ4v) is 3.80. The molecule has 0 saturated heterocycles. The summed E-state index contributed by atoms with van der Waals surface area (Å²) in [6.07, 6.45) is -0.836. The Balaban J connectivity index is 2.19. The first-order valence-electron chi connectivity index (χ1n) is 7.98. The van der Waals surface area contributed by atoms with Gasteiger partial charge in [0.2, 0.25) is 10.0 Å². The first kappa shape index (κ1) is 21.7. The molecule has 0 aliphatic carbocycles. The minimum atomic E-state index is -3.60. The third kappa shape index (κ3) is 5.22. The number of carbonyl (C=O) groups excluding carboxylic acids is 1. The van der Waals surface area contributed by atoms with Gasteiger partial charge in [-0.05, 0) is 49.7 Å². The van der Waals surface area contributed by atoms with Crippen LogP contribution < -0.4 is 10.1 Å². The number of amides is 1. The number of hydrogen-bond donors (Lipinski definition) is 1. The molecule has 2 aromatic rings. The van der Waals surface area contributed by atoms with Crippen molar-refractivity contribution in [2.45, 2.75) is 24.8 Å². The standard InChI is InChI=1S/C18H20BrClN2O4S/c1-11-5-7-14(27(24,25)22(3)4)10-16(11)21-18(23)12(2)26-17-8-6-13(19)9-15(17)20/h5-10,12H,1-4H3,(H,21,23)/t12-/m0/s1. The van der Waals surface area contributed by atoms with Crippen LogP contribution >= 0.6 is 27.5 Å². The fourth-order valence-electron chi connectivity index (χ4n) is 2.16. The molecule has 0 aromatic heterocycles. The van der Waals surface area contributed by atoms with Crippen LogP contribution in [0.4, 0.5) is 5.69 Å². The predicted octanol–water partition coefficient (Wildman–Crippen LogP) is 4.07. The molecule has 0 radical (unpaired) electrons. The molecule has 146 valence electrons. The highest BCUT2D eigenvalue weighted by Gasteiger charge is 2.21. The van der Waals surface area contributed by atoms with E-state index >= 15 is 0 Å². The molecule has 9 heteroatoms. The number of nitrogens with one attached hydrogen (secondary N) is 1. The summed E-state index contributed by atoms with van der Waals surface area (Å²) < 4.78 is 32.1. The van der Waals surface area contributed by atoms with E-state index in [1.165, 1.54) is 26.2 Å². The van der Waals surface area contributed by atoms with E-state index in [0.717, 1.165) is 14.3 Å². The lowest BCUT2D eigenvalue weighted by Gasteiger charge is -2.18. The van der Waals surface area contributed by atoms with Crippen molar-refractivity contribution in [1.82, 2.24) is 4.31 Å². The van der Waals surface area contributed by atoms with Gasteiger partial charge in [-0.1, -0.05) is 33.6 Å². The number of carbonyl (C=O) groups is 1. The second kappa shape index (κ2) is 8.60. The monoisotopic (exact) mass is 474 g/mol. The number of benzene rings is 2. The molecule has 27 heavy (non-hydrogen) atoms. The number of halogens is 2. The van der Waals surface area contributed by atoms with Gasteiger partial charge in [-0.25, -0.2) is 12.7 Å². The van der Waals surface area contributed by atoms with Crippen molar-refractivity contribution < 1.29 is 17.9 Å². The molecule has 0 unspecified atom stereocenters. The van der Waals surface area contributed by atoms with E-state index in [9.17, 15) is 13.2 Å². The van der Waals surface area contributed by atoms with Crippen LogP contribution in [0.5, 0.6) is 5.75 Å². The molecule has 0 saturated carbocycles. The zero-order chi connectivity index (χ0) is 20.4. The van der Waals surface area contributed by atoms with Gasteiger partial charge in [0, 0.05) is 24.3 Å². The summed E-state index contributed by atoms with van der Waals surface area (Å²) in [7, 11) is -0.702. The van der Waals surface area contributed by atoms with Gasteiger partial charge in [-0.3, -0.25) is 4.79 Å². The molecule has 0 spiro atoms. The van der Waals surface area contributed by atoms with Gasteiger partial charge in [-0.15, -0.1) is 0 Å². The fraction of sp³-hybridized carbons (Fsp3) is 0.278. The smallest absolute Gasteiger partial charge is 0.265 e. The van der Waals surface area contributed by atoms with Gasteiger partial charge >= 0.3 is 0 Å². The summed E-state index contributed by atoms with van der Waals surface area (Å²) in [5.41, 5.74) is 1.13. The molecule has 2 aromatic carbocycles. The Morgan fingerprint density at radius 3 is 2.48 bits per heavy atom. The maximum Gasteiger partial charge on any atom is 0.265 e. The highest BCUT2D eigenvalue weighted by molar-refractivity contribution is 9.10. The van der Waals surface area contributed by atoms with Crippen molar-refractivity contribution >= 4 is 49.1 Å². The summed E-state index contributed by atoms with van der Waals surface area (Å²) in [4.78, 5) is 12.6. The van der Waals surface area contributed by atoms with Crippen molar-refractivity contribution in [3.8, 4) is 5.75 Å². The Hall–Kier alpha value is -1.61. The van der Waals surface area contributed by atoms with Crippen LogP contribution in [-0.4, -0.2) is 38.8 Å². The first-order valence-corrected chi connectivity index (χ1v) is 10.6. The first-order chi connectivity index (χ1) is 12.5. The van der Waals surface area contributed by atoms with Crippen LogP contribution in [0.3, 0.4) is 0 Å². The highest BCUT2D eigenvalue weighted by atomic mass is 79.9.